The van der Waals surface area contributed by atoms with Crippen molar-refractivity contribution in [3.63, 3.8) is 0 Å². The first-order valence-electron chi connectivity index (χ1n) is 9.48. The molecule has 0 N–H and O–H groups in total. The minimum absolute atomic E-state index is 0.495. The first-order chi connectivity index (χ1) is 14.2. The van der Waals surface area contributed by atoms with Gasteiger partial charge < -0.3 is 19.3 Å². The number of rotatable bonds is 6. The van der Waals surface area contributed by atoms with Crippen molar-refractivity contribution in [1.82, 2.24) is 10.2 Å². The summed E-state index contributed by atoms with van der Waals surface area (Å²) in [6, 6.07) is 11.7. The van der Waals surface area contributed by atoms with Gasteiger partial charge in [0.15, 0.2) is 0 Å². The van der Waals surface area contributed by atoms with Crippen molar-refractivity contribution in [3.05, 3.63) is 52.6 Å². The molecule has 8 heteroatoms. The molecule has 0 saturated carbocycles. The lowest BCUT2D eigenvalue weighted by atomic mass is 10.1. The average molecular weight is 433 g/mol. The number of ether oxygens (including phenoxy) is 2. The van der Waals surface area contributed by atoms with E-state index in [1.807, 2.05) is 42.6 Å². The molecule has 152 valence electrons. The van der Waals surface area contributed by atoms with Crippen LogP contribution in [-0.4, -0.2) is 56.7 Å². The van der Waals surface area contributed by atoms with Gasteiger partial charge in [-0.2, -0.15) is 5.10 Å². The lowest BCUT2D eigenvalue weighted by Crippen LogP contribution is -2.46. The minimum atomic E-state index is 0.495. The van der Waals surface area contributed by atoms with Gasteiger partial charge in [0.05, 0.1) is 23.5 Å². The standard InChI is InChI=1S/C21H22Cl2N4O2/c1-28-9-10-29-17-12-15(22)11-16(13-17)26-5-7-27(8-6-26)20-14-24-25-21-18(20)3-2-4-19(21)23/h2-4,11-14H,5-10H2,1H3. The second-order valence-electron chi connectivity index (χ2n) is 6.83. The molecule has 6 nitrogen and oxygen atoms in total. The number of hydrogen-bond donors (Lipinski definition) is 0. The van der Waals surface area contributed by atoms with Crippen LogP contribution in [0.3, 0.4) is 0 Å². The summed E-state index contributed by atoms with van der Waals surface area (Å²) in [7, 11) is 1.65. The molecule has 4 rings (SSSR count). The minimum Gasteiger partial charge on any atom is -0.491 e. The van der Waals surface area contributed by atoms with Crippen molar-refractivity contribution in [3.8, 4) is 5.75 Å². The number of benzene rings is 2. The molecule has 29 heavy (non-hydrogen) atoms. The fourth-order valence-electron chi connectivity index (χ4n) is 3.55. The molecule has 2 aromatic carbocycles. The summed E-state index contributed by atoms with van der Waals surface area (Å²) in [5, 5.41) is 10.7. The lowest BCUT2D eigenvalue weighted by molar-refractivity contribution is 0.146. The fraction of sp³-hybridized carbons (Fsp3) is 0.333. The van der Waals surface area contributed by atoms with Crippen LogP contribution in [0, 0.1) is 0 Å². The molecule has 0 spiro atoms. The van der Waals surface area contributed by atoms with E-state index in [0.29, 0.717) is 23.3 Å². The Hall–Kier alpha value is -2.28. The summed E-state index contributed by atoms with van der Waals surface area (Å²) in [4.78, 5) is 4.64. The van der Waals surface area contributed by atoms with E-state index >= 15 is 0 Å². The van der Waals surface area contributed by atoms with Crippen molar-refractivity contribution in [2.75, 3.05) is 56.3 Å². The predicted octanol–water partition coefficient (Wildman–Crippen LogP) is 4.29. The van der Waals surface area contributed by atoms with E-state index in [1.54, 1.807) is 7.11 Å². The van der Waals surface area contributed by atoms with Crippen LogP contribution in [0.2, 0.25) is 10.0 Å². The van der Waals surface area contributed by atoms with Gasteiger partial charge in [0.1, 0.15) is 17.9 Å². The molecule has 1 aliphatic rings. The molecule has 0 amide bonds. The Morgan fingerprint density at radius 1 is 1.00 bits per heavy atom. The number of aromatic nitrogens is 2. The van der Waals surface area contributed by atoms with Crippen molar-refractivity contribution in [1.29, 1.82) is 0 Å². The zero-order valence-electron chi connectivity index (χ0n) is 16.1. The van der Waals surface area contributed by atoms with Crippen molar-refractivity contribution in [2.45, 2.75) is 0 Å². The van der Waals surface area contributed by atoms with Gasteiger partial charge in [0, 0.05) is 55.5 Å². The van der Waals surface area contributed by atoms with Gasteiger partial charge in [-0.1, -0.05) is 35.3 Å². The summed E-state index contributed by atoms with van der Waals surface area (Å²) < 4.78 is 10.8. The highest BCUT2D eigenvalue weighted by molar-refractivity contribution is 6.35. The van der Waals surface area contributed by atoms with E-state index in [-0.39, 0.29) is 0 Å². The van der Waals surface area contributed by atoms with Gasteiger partial charge in [0.25, 0.3) is 0 Å². The molecule has 0 bridgehead atoms. The molecule has 1 fully saturated rings. The van der Waals surface area contributed by atoms with Crippen LogP contribution in [0.15, 0.2) is 42.6 Å². The first-order valence-corrected chi connectivity index (χ1v) is 10.2. The highest BCUT2D eigenvalue weighted by atomic mass is 35.5. The number of piperazine rings is 1. The summed E-state index contributed by atoms with van der Waals surface area (Å²) in [5.41, 5.74) is 2.86. The molecule has 3 aromatic rings. The Morgan fingerprint density at radius 2 is 1.79 bits per heavy atom. The van der Waals surface area contributed by atoms with Gasteiger partial charge in [0.2, 0.25) is 0 Å². The maximum absolute atomic E-state index is 6.31. The van der Waals surface area contributed by atoms with Crippen LogP contribution >= 0.6 is 23.2 Å². The molecule has 1 aromatic heterocycles. The number of methoxy groups -OCH3 is 1. The number of anilines is 2. The third kappa shape index (κ3) is 4.50. The quantitative estimate of drug-likeness (QED) is 0.541. The van der Waals surface area contributed by atoms with E-state index in [4.69, 9.17) is 32.7 Å². The van der Waals surface area contributed by atoms with Gasteiger partial charge in [-0.05, 0) is 18.2 Å². The monoisotopic (exact) mass is 432 g/mol. The largest absolute Gasteiger partial charge is 0.491 e. The van der Waals surface area contributed by atoms with Gasteiger partial charge in [-0.15, -0.1) is 5.10 Å². The van der Waals surface area contributed by atoms with Crippen molar-refractivity contribution >= 4 is 45.5 Å². The molecular weight excluding hydrogens is 411 g/mol. The van der Waals surface area contributed by atoms with E-state index in [1.165, 1.54) is 0 Å². The third-order valence-corrected chi connectivity index (χ3v) is 5.52. The summed E-state index contributed by atoms with van der Waals surface area (Å²) in [6.07, 6.45) is 1.81. The SMILES string of the molecule is COCCOc1cc(Cl)cc(N2CCN(c3cnnc4c(Cl)cccc34)CC2)c1. The van der Waals surface area contributed by atoms with Gasteiger partial charge in [-0.3, -0.25) is 0 Å². The highest BCUT2D eigenvalue weighted by Crippen LogP contribution is 2.31. The molecule has 1 aliphatic heterocycles. The number of hydrogen-bond acceptors (Lipinski definition) is 6. The van der Waals surface area contributed by atoms with Crippen molar-refractivity contribution < 1.29 is 9.47 Å². The van der Waals surface area contributed by atoms with Gasteiger partial charge in [-0.25, -0.2) is 0 Å². The van der Waals surface area contributed by atoms with Gasteiger partial charge >= 0.3 is 0 Å². The second-order valence-corrected chi connectivity index (χ2v) is 7.67. The molecule has 1 saturated heterocycles. The Balaban J connectivity index is 1.48. The van der Waals surface area contributed by atoms with E-state index in [9.17, 15) is 0 Å². The number of halogens is 2. The van der Waals surface area contributed by atoms with E-state index in [2.05, 4.69) is 20.0 Å². The summed E-state index contributed by atoms with van der Waals surface area (Å²) >= 11 is 12.6. The van der Waals surface area contributed by atoms with Crippen LogP contribution in [0.5, 0.6) is 5.75 Å². The average Bonchev–Trinajstić information content (AvgIpc) is 2.74. The lowest BCUT2D eigenvalue weighted by Gasteiger charge is -2.37. The summed E-state index contributed by atoms with van der Waals surface area (Å²) in [6.45, 7) is 4.48. The third-order valence-electron chi connectivity index (χ3n) is 5.00. The molecule has 0 unspecified atom stereocenters. The molecular formula is C21H22Cl2N4O2. The smallest absolute Gasteiger partial charge is 0.122 e. The van der Waals surface area contributed by atoms with Crippen LogP contribution in [0.4, 0.5) is 11.4 Å². The second kappa shape index (κ2) is 9.03. The van der Waals surface area contributed by atoms with E-state index < -0.39 is 0 Å². The zero-order valence-corrected chi connectivity index (χ0v) is 17.7. The first kappa shape index (κ1) is 20.0. The van der Waals surface area contributed by atoms with E-state index in [0.717, 1.165) is 54.2 Å². The predicted molar refractivity (Wildman–Crippen MR) is 118 cm³/mol. The zero-order chi connectivity index (χ0) is 20.2. The van der Waals surface area contributed by atoms with Crippen LogP contribution in [0.25, 0.3) is 10.9 Å². The fourth-order valence-corrected chi connectivity index (χ4v) is 3.98. The molecule has 2 heterocycles. The Bertz CT molecular complexity index is 994. The van der Waals surface area contributed by atoms with Crippen LogP contribution in [-0.2, 0) is 4.74 Å². The maximum Gasteiger partial charge on any atom is 0.122 e. The Labute approximate surface area is 179 Å². The topological polar surface area (TPSA) is 50.7 Å². The normalized spacial score (nSPS) is 14.4. The van der Waals surface area contributed by atoms with Crippen LogP contribution in [0.1, 0.15) is 0 Å². The molecule has 0 aliphatic carbocycles. The molecule has 0 atom stereocenters. The Morgan fingerprint density at radius 3 is 2.59 bits per heavy atom. The highest BCUT2D eigenvalue weighted by Gasteiger charge is 2.21. The Kier molecular flexibility index (Phi) is 6.23. The van der Waals surface area contributed by atoms with Crippen molar-refractivity contribution in [2.24, 2.45) is 0 Å². The van der Waals surface area contributed by atoms with Crippen LogP contribution < -0.4 is 14.5 Å². The number of nitrogens with zero attached hydrogens (tertiary/aromatic N) is 4. The summed E-state index contributed by atoms with van der Waals surface area (Å²) in [5.74, 6) is 0.756. The molecule has 0 radical (unpaired) electrons. The maximum atomic E-state index is 6.31. The number of fused-ring (bicyclic) bond motifs is 1.